The van der Waals surface area contributed by atoms with Crippen molar-refractivity contribution in [2.45, 2.75) is 38.2 Å². The number of nitrogens with one attached hydrogen (secondary N) is 2. The zero-order valence-electron chi connectivity index (χ0n) is 21.1. The molecular weight excluding hydrogens is 484 g/mol. The van der Waals surface area contributed by atoms with E-state index in [1.165, 1.54) is 19.3 Å². The average molecular weight is 514 g/mol. The zero-order chi connectivity index (χ0) is 25.7. The molecular formula is C29H29F2N7. The van der Waals surface area contributed by atoms with Gasteiger partial charge in [0.15, 0.2) is 0 Å². The maximum absolute atomic E-state index is 13.6. The minimum atomic E-state index is -2.60. The van der Waals surface area contributed by atoms with Crippen molar-refractivity contribution in [1.29, 1.82) is 0 Å². The highest BCUT2D eigenvalue weighted by Gasteiger charge is 2.37. The molecule has 0 unspecified atom stereocenters. The second kappa shape index (κ2) is 9.16. The predicted octanol–water partition coefficient (Wildman–Crippen LogP) is 6.00. The fraction of sp³-hybridized carbons (Fsp3) is 0.345. The molecule has 9 heteroatoms. The molecule has 0 spiro atoms. The van der Waals surface area contributed by atoms with Gasteiger partial charge in [-0.15, -0.1) is 0 Å². The highest BCUT2D eigenvalue weighted by atomic mass is 19.3. The molecule has 2 saturated heterocycles. The van der Waals surface area contributed by atoms with Crippen molar-refractivity contribution in [2.24, 2.45) is 0 Å². The normalized spacial score (nSPS) is 18.1. The number of aromatic amines is 2. The van der Waals surface area contributed by atoms with Crippen molar-refractivity contribution in [3.8, 4) is 22.5 Å². The standard InChI is InChI=1S/C29H29F2N7/c30-29(31)7-11-37(18-29)17-19-12-21(16-32-15-19)20-4-5-25-22(13-20)27(36-35-25)26-14-23-24(34-26)6-8-33-28(23)38-9-2-1-3-10-38/h4-6,8,12-16,34H,1-3,7,9-11,17-18H2,(H,35,36). The van der Waals surface area contributed by atoms with Gasteiger partial charge >= 0.3 is 0 Å². The van der Waals surface area contributed by atoms with E-state index >= 15 is 0 Å². The number of rotatable bonds is 5. The summed E-state index contributed by atoms with van der Waals surface area (Å²) in [7, 11) is 0. The van der Waals surface area contributed by atoms with Crippen LogP contribution in [0.15, 0.2) is 55.0 Å². The van der Waals surface area contributed by atoms with Crippen LogP contribution in [0, 0.1) is 0 Å². The maximum Gasteiger partial charge on any atom is 0.261 e. The number of likely N-dealkylation sites (tertiary alicyclic amines) is 1. The molecule has 38 heavy (non-hydrogen) atoms. The van der Waals surface area contributed by atoms with Gasteiger partial charge in [0.05, 0.1) is 23.3 Å². The van der Waals surface area contributed by atoms with Gasteiger partial charge in [0.1, 0.15) is 11.5 Å². The number of benzene rings is 1. The number of nitrogens with zero attached hydrogens (tertiary/aromatic N) is 5. The minimum Gasteiger partial charge on any atom is -0.356 e. The zero-order valence-corrected chi connectivity index (χ0v) is 21.1. The van der Waals surface area contributed by atoms with Crippen molar-refractivity contribution in [1.82, 2.24) is 30.0 Å². The molecule has 2 fully saturated rings. The Balaban J connectivity index is 1.22. The molecule has 0 saturated carbocycles. The van der Waals surface area contributed by atoms with Crippen LogP contribution in [0.25, 0.3) is 44.3 Å². The first-order chi connectivity index (χ1) is 18.5. The molecule has 2 aliphatic rings. The Morgan fingerprint density at radius 3 is 2.63 bits per heavy atom. The van der Waals surface area contributed by atoms with Crippen LogP contribution in [-0.2, 0) is 6.54 Å². The lowest BCUT2D eigenvalue weighted by molar-refractivity contribution is 0.0115. The molecule has 0 aliphatic carbocycles. The van der Waals surface area contributed by atoms with Gasteiger partial charge in [0, 0.05) is 67.5 Å². The number of alkyl halides is 2. The number of aromatic nitrogens is 5. The Hall–Kier alpha value is -3.85. The van der Waals surface area contributed by atoms with Crippen LogP contribution < -0.4 is 4.90 Å². The van der Waals surface area contributed by atoms with E-state index in [0.29, 0.717) is 13.1 Å². The van der Waals surface area contributed by atoms with E-state index in [1.807, 2.05) is 36.7 Å². The van der Waals surface area contributed by atoms with Gasteiger partial charge in [-0.1, -0.05) is 6.07 Å². The van der Waals surface area contributed by atoms with Crippen molar-refractivity contribution < 1.29 is 8.78 Å². The Kier molecular flexibility index (Phi) is 5.61. The largest absolute Gasteiger partial charge is 0.356 e. The molecule has 6 heterocycles. The van der Waals surface area contributed by atoms with Crippen molar-refractivity contribution >= 4 is 27.6 Å². The maximum atomic E-state index is 13.6. The third kappa shape index (κ3) is 4.30. The van der Waals surface area contributed by atoms with E-state index in [-0.39, 0.29) is 13.0 Å². The summed E-state index contributed by atoms with van der Waals surface area (Å²) in [5, 5.41) is 9.94. The van der Waals surface area contributed by atoms with Crippen LogP contribution >= 0.6 is 0 Å². The number of halogens is 2. The predicted molar refractivity (Wildman–Crippen MR) is 145 cm³/mol. The third-order valence-electron chi connectivity index (χ3n) is 7.78. The molecule has 4 aromatic heterocycles. The summed E-state index contributed by atoms with van der Waals surface area (Å²) in [5.41, 5.74) is 6.68. The fourth-order valence-electron chi connectivity index (χ4n) is 5.86. The van der Waals surface area contributed by atoms with Gasteiger partial charge in [-0.3, -0.25) is 15.0 Å². The first-order valence-corrected chi connectivity index (χ1v) is 13.3. The summed E-state index contributed by atoms with van der Waals surface area (Å²) < 4.78 is 27.3. The quantitative estimate of drug-likeness (QED) is 0.302. The minimum absolute atomic E-state index is 0.0800. The number of hydrogen-bond donors (Lipinski definition) is 2. The van der Waals surface area contributed by atoms with E-state index in [0.717, 1.165) is 68.8 Å². The summed E-state index contributed by atoms with van der Waals surface area (Å²) in [5.74, 6) is -1.56. The molecule has 7 nitrogen and oxygen atoms in total. The van der Waals surface area contributed by atoms with Crippen LogP contribution in [0.5, 0.6) is 0 Å². The lowest BCUT2D eigenvalue weighted by Crippen LogP contribution is -2.30. The van der Waals surface area contributed by atoms with E-state index in [9.17, 15) is 8.78 Å². The average Bonchev–Trinajstić information content (AvgIpc) is 3.64. The molecule has 1 aromatic carbocycles. The first kappa shape index (κ1) is 23.3. The van der Waals surface area contributed by atoms with E-state index < -0.39 is 5.92 Å². The first-order valence-electron chi connectivity index (χ1n) is 13.3. The highest BCUT2D eigenvalue weighted by Crippen LogP contribution is 2.35. The van der Waals surface area contributed by atoms with Crippen LogP contribution in [0.3, 0.4) is 0 Å². The molecule has 2 N–H and O–H groups in total. The Bertz CT molecular complexity index is 1620. The fourth-order valence-corrected chi connectivity index (χ4v) is 5.86. The highest BCUT2D eigenvalue weighted by molar-refractivity contribution is 6.00. The molecule has 2 aliphatic heterocycles. The molecule has 0 atom stereocenters. The van der Waals surface area contributed by atoms with Gasteiger partial charge in [-0.2, -0.15) is 5.10 Å². The van der Waals surface area contributed by atoms with Crippen molar-refractivity contribution in [3.05, 3.63) is 60.6 Å². The van der Waals surface area contributed by atoms with Gasteiger partial charge in [-0.25, -0.2) is 13.8 Å². The van der Waals surface area contributed by atoms with Crippen molar-refractivity contribution in [2.75, 3.05) is 31.1 Å². The second-order valence-corrected chi connectivity index (χ2v) is 10.6. The number of anilines is 1. The summed E-state index contributed by atoms with van der Waals surface area (Å²) >= 11 is 0. The summed E-state index contributed by atoms with van der Waals surface area (Å²) in [6, 6.07) is 12.4. The van der Waals surface area contributed by atoms with Crippen LogP contribution in [0.1, 0.15) is 31.2 Å². The Morgan fingerprint density at radius 1 is 0.895 bits per heavy atom. The van der Waals surface area contributed by atoms with Gasteiger partial charge in [-0.05, 0) is 60.7 Å². The van der Waals surface area contributed by atoms with Crippen LogP contribution in [0.4, 0.5) is 14.6 Å². The molecule has 0 amide bonds. The lowest BCUT2D eigenvalue weighted by atomic mass is 10.0. The third-order valence-corrected chi connectivity index (χ3v) is 7.78. The number of H-pyrrole nitrogens is 2. The number of piperidine rings is 1. The van der Waals surface area contributed by atoms with E-state index in [1.54, 1.807) is 11.1 Å². The lowest BCUT2D eigenvalue weighted by Gasteiger charge is -2.28. The SMILES string of the molecule is FC1(F)CCN(Cc2cncc(-c3ccc4[nH]nc(-c5cc6c(N7CCCCC7)nccc6[nH]5)c4c3)c2)C1. The number of pyridine rings is 2. The number of fused-ring (bicyclic) bond motifs is 2. The molecule has 0 radical (unpaired) electrons. The van der Waals surface area contributed by atoms with Gasteiger partial charge in [0.25, 0.3) is 5.92 Å². The van der Waals surface area contributed by atoms with Gasteiger partial charge in [0.2, 0.25) is 0 Å². The molecule has 5 aromatic rings. The topological polar surface area (TPSA) is 76.7 Å². The van der Waals surface area contributed by atoms with E-state index in [4.69, 9.17) is 4.98 Å². The smallest absolute Gasteiger partial charge is 0.261 e. The summed E-state index contributed by atoms with van der Waals surface area (Å²) in [6.45, 7) is 2.75. The second-order valence-electron chi connectivity index (χ2n) is 10.6. The van der Waals surface area contributed by atoms with Crippen LogP contribution in [0.2, 0.25) is 0 Å². The summed E-state index contributed by atoms with van der Waals surface area (Å²) in [6.07, 6.45) is 9.05. The van der Waals surface area contributed by atoms with E-state index in [2.05, 4.69) is 37.2 Å². The number of hydrogen-bond acceptors (Lipinski definition) is 5. The molecule has 7 rings (SSSR count). The molecule has 194 valence electrons. The summed E-state index contributed by atoms with van der Waals surface area (Å²) in [4.78, 5) is 16.9. The molecule has 0 bridgehead atoms. The monoisotopic (exact) mass is 513 g/mol. The van der Waals surface area contributed by atoms with Crippen LogP contribution in [-0.4, -0.2) is 62.2 Å². The van der Waals surface area contributed by atoms with Crippen molar-refractivity contribution in [3.63, 3.8) is 0 Å². The van der Waals surface area contributed by atoms with Gasteiger partial charge < -0.3 is 9.88 Å². The Labute approximate surface area is 218 Å². The Morgan fingerprint density at radius 2 is 1.79 bits per heavy atom.